The summed E-state index contributed by atoms with van der Waals surface area (Å²) in [6, 6.07) is 9.29. The van der Waals surface area contributed by atoms with Crippen LogP contribution < -0.4 is 10.9 Å². The third-order valence-corrected chi connectivity index (χ3v) is 13.4. The first-order valence-electron chi connectivity index (χ1n) is 16.4. The molecule has 0 saturated carbocycles. The van der Waals surface area contributed by atoms with Crippen LogP contribution in [0.3, 0.4) is 0 Å². The van der Waals surface area contributed by atoms with E-state index in [0.717, 1.165) is 90.3 Å². The van der Waals surface area contributed by atoms with Crippen molar-refractivity contribution in [2.45, 2.75) is 68.3 Å². The summed E-state index contributed by atoms with van der Waals surface area (Å²) in [5.74, 6) is 1.54. The predicted octanol–water partition coefficient (Wildman–Crippen LogP) is 6.00. The highest BCUT2D eigenvalue weighted by molar-refractivity contribution is 7.89. The second-order valence-corrected chi connectivity index (χ2v) is 15.8. The number of ether oxygens (including phenoxy) is 1. The number of nitrogens with zero attached hydrogens (tertiary/aromatic N) is 4. The molecule has 5 aromatic rings. The van der Waals surface area contributed by atoms with Crippen LogP contribution >= 0.6 is 11.3 Å². The Morgan fingerprint density at radius 1 is 1.06 bits per heavy atom. The molecule has 0 bridgehead atoms. The number of aromatic amines is 1. The molecule has 13 heteroatoms. The number of sulfonamides is 1. The number of aromatic nitrogens is 4. The van der Waals surface area contributed by atoms with Crippen LogP contribution in [-0.4, -0.2) is 52.6 Å². The van der Waals surface area contributed by atoms with E-state index in [1.807, 2.05) is 24.4 Å². The Kier molecular flexibility index (Phi) is 7.07. The molecule has 5 aromatic heterocycles. The van der Waals surface area contributed by atoms with Crippen molar-refractivity contribution in [3.8, 4) is 21.8 Å². The van der Waals surface area contributed by atoms with Crippen molar-refractivity contribution in [2.24, 2.45) is 5.92 Å². The molecular weight excluding hydrogens is 637 g/mol. The van der Waals surface area contributed by atoms with Crippen LogP contribution in [0.5, 0.6) is 0 Å². The molecule has 0 aromatic carbocycles. The van der Waals surface area contributed by atoms with E-state index in [9.17, 15) is 13.2 Å². The molecule has 0 amide bonds. The number of rotatable bonds is 7. The Bertz CT molecular complexity index is 2180. The molecule has 0 unspecified atom stereocenters. The number of H-pyrrole nitrogens is 1. The van der Waals surface area contributed by atoms with E-state index < -0.39 is 10.0 Å². The lowest BCUT2D eigenvalue weighted by Crippen LogP contribution is -2.23. The molecule has 2 fully saturated rings. The van der Waals surface area contributed by atoms with Gasteiger partial charge in [0.05, 0.1) is 39.8 Å². The van der Waals surface area contributed by atoms with Gasteiger partial charge in [-0.25, -0.2) is 13.4 Å². The van der Waals surface area contributed by atoms with Crippen molar-refractivity contribution < 1.29 is 17.7 Å². The van der Waals surface area contributed by atoms with E-state index in [1.165, 1.54) is 23.0 Å². The summed E-state index contributed by atoms with van der Waals surface area (Å²) in [7, 11) is -3.84. The van der Waals surface area contributed by atoms with Gasteiger partial charge in [-0.2, -0.15) is 9.46 Å². The molecule has 8 heterocycles. The number of fused-ring (bicyclic) bond motifs is 5. The predicted molar refractivity (Wildman–Crippen MR) is 178 cm³/mol. The topological polar surface area (TPSA) is 143 Å². The number of pyridine rings is 3. The van der Waals surface area contributed by atoms with Gasteiger partial charge in [-0.15, -0.1) is 11.3 Å². The molecule has 0 radical (unpaired) electrons. The highest BCUT2D eigenvalue weighted by Gasteiger charge is 2.49. The quantitative estimate of drug-likeness (QED) is 0.213. The summed E-state index contributed by atoms with van der Waals surface area (Å²) in [5, 5.41) is 7.06. The smallest absolute Gasteiger partial charge is 0.280 e. The Balaban J connectivity index is 1.23. The molecular formula is C34H34N6O5S2. The number of hydrogen-bond acceptors (Lipinski definition) is 10. The van der Waals surface area contributed by atoms with Crippen LogP contribution in [0.2, 0.25) is 0 Å². The van der Waals surface area contributed by atoms with E-state index in [-0.39, 0.29) is 22.5 Å². The summed E-state index contributed by atoms with van der Waals surface area (Å²) in [4.78, 5) is 27.9. The number of nitrogens with one attached hydrogen (secondary N) is 2. The van der Waals surface area contributed by atoms with Crippen LogP contribution in [0.1, 0.15) is 73.3 Å². The number of anilines is 1. The van der Waals surface area contributed by atoms with Gasteiger partial charge in [0.1, 0.15) is 10.7 Å². The maximum absolute atomic E-state index is 14.3. The van der Waals surface area contributed by atoms with Crippen molar-refractivity contribution in [3.05, 3.63) is 75.7 Å². The Hall–Kier alpha value is -3.91. The van der Waals surface area contributed by atoms with Gasteiger partial charge >= 0.3 is 0 Å². The first kappa shape index (κ1) is 29.2. The standard InChI is InChI=1S/C34H34N6O5S2/c41-28-18-26(45-39-28)29-24(6-5-19-10-15-44-16-11-19)37-31-25-4-2-14-40(25)47(42,43)33(31)30(29)27-17-20-9-13-36-34(32(20)46-27)38-23-8-7-22-21(23)3-1-12-35-22/h1,3,9,12-13,17-19,23,25H,2,4-8,10-11,14-16H2,(H,36,38)(H,39,41)/t23-,25-/m1/s1. The van der Waals surface area contributed by atoms with Crippen molar-refractivity contribution in [2.75, 3.05) is 25.1 Å². The highest BCUT2D eigenvalue weighted by atomic mass is 32.2. The summed E-state index contributed by atoms with van der Waals surface area (Å²) in [6.07, 6.45) is 10.5. The highest BCUT2D eigenvalue weighted by Crippen LogP contribution is 2.53. The van der Waals surface area contributed by atoms with Gasteiger partial charge in [0.2, 0.25) is 10.0 Å². The number of aryl methyl sites for hydroxylation is 2. The van der Waals surface area contributed by atoms with Crippen molar-refractivity contribution in [1.29, 1.82) is 0 Å². The van der Waals surface area contributed by atoms with E-state index in [4.69, 9.17) is 19.2 Å². The summed E-state index contributed by atoms with van der Waals surface area (Å²) in [5.41, 5.74) is 4.42. The SMILES string of the molecule is O=c1cc(-c2c(CCC3CCOCC3)nc3c(c2-c2cc4ccnc(N[C@@H]5CCc6ncccc65)c4s2)S(=O)(=O)N2CCC[C@H]32)o[nH]1. The van der Waals surface area contributed by atoms with Crippen LogP contribution in [0.4, 0.5) is 5.82 Å². The Labute approximate surface area is 275 Å². The van der Waals surface area contributed by atoms with Crippen LogP contribution in [0.15, 0.2) is 56.9 Å². The van der Waals surface area contributed by atoms with Gasteiger partial charge in [0, 0.05) is 48.3 Å². The van der Waals surface area contributed by atoms with E-state index in [2.05, 4.69) is 21.5 Å². The zero-order valence-electron chi connectivity index (χ0n) is 25.7. The average molecular weight is 671 g/mol. The molecule has 4 aliphatic rings. The molecule has 0 spiro atoms. The summed E-state index contributed by atoms with van der Waals surface area (Å²) in [6.45, 7) is 1.96. The van der Waals surface area contributed by atoms with Crippen molar-refractivity contribution in [3.63, 3.8) is 0 Å². The van der Waals surface area contributed by atoms with Crippen LogP contribution in [-0.2, 0) is 27.6 Å². The first-order valence-corrected chi connectivity index (χ1v) is 18.7. The lowest BCUT2D eigenvalue weighted by molar-refractivity contribution is 0.0639. The zero-order chi connectivity index (χ0) is 31.7. The third-order valence-electron chi connectivity index (χ3n) is 10.2. The minimum atomic E-state index is -3.84. The molecule has 3 aliphatic heterocycles. The van der Waals surface area contributed by atoms with Gasteiger partial charge in [-0.3, -0.25) is 14.8 Å². The minimum absolute atomic E-state index is 0.0848. The first-order chi connectivity index (χ1) is 23.0. The largest absolute Gasteiger partial charge is 0.381 e. The van der Waals surface area contributed by atoms with Gasteiger partial charge < -0.3 is 14.6 Å². The third kappa shape index (κ3) is 4.85. The normalized spacial score (nSPS) is 22.0. The molecule has 9 rings (SSSR count). The molecule has 2 saturated heterocycles. The average Bonchev–Trinajstić information content (AvgIpc) is 3.92. The van der Waals surface area contributed by atoms with Gasteiger partial charge in [-0.05, 0) is 86.4 Å². The lowest BCUT2D eigenvalue weighted by atomic mass is 9.91. The van der Waals surface area contributed by atoms with Crippen LogP contribution in [0, 0.1) is 5.92 Å². The van der Waals surface area contributed by atoms with Crippen molar-refractivity contribution in [1.82, 2.24) is 24.4 Å². The number of hydrogen-bond donors (Lipinski definition) is 2. The summed E-state index contributed by atoms with van der Waals surface area (Å²) >= 11 is 1.51. The van der Waals surface area contributed by atoms with E-state index >= 15 is 0 Å². The van der Waals surface area contributed by atoms with Gasteiger partial charge in [0.25, 0.3) is 5.56 Å². The van der Waals surface area contributed by atoms with E-state index in [0.29, 0.717) is 41.5 Å². The van der Waals surface area contributed by atoms with Gasteiger partial charge in [0.15, 0.2) is 5.76 Å². The molecule has 47 heavy (non-hydrogen) atoms. The molecule has 242 valence electrons. The second kappa shape index (κ2) is 11.4. The fraction of sp³-hybridized carbons (Fsp3) is 0.412. The van der Waals surface area contributed by atoms with Gasteiger partial charge in [-0.1, -0.05) is 6.07 Å². The fourth-order valence-corrected chi connectivity index (χ4v) is 11.2. The molecule has 2 atom stereocenters. The molecule has 11 nitrogen and oxygen atoms in total. The maximum atomic E-state index is 14.3. The maximum Gasteiger partial charge on any atom is 0.280 e. The lowest BCUT2D eigenvalue weighted by Gasteiger charge is -2.23. The number of thiophene rings is 1. The summed E-state index contributed by atoms with van der Waals surface area (Å²) < 4.78 is 42.6. The fourth-order valence-electron chi connectivity index (χ4n) is 7.93. The van der Waals surface area contributed by atoms with Crippen LogP contribution in [0.25, 0.3) is 31.9 Å². The molecule has 1 aliphatic carbocycles. The van der Waals surface area contributed by atoms with E-state index in [1.54, 1.807) is 10.5 Å². The zero-order valence-corrected chi connectivity index (χ0v) is 27.3. The molecule has 2 N–H and O–H groups in total. The Morgan fingerprint density at radius 3 is 2.81 bits per heavy atom. The second-order valence-electron chi connectivity index (χ2n) is 12.9. The van der Waals surface area contributed by atoms with Crippen molar-refractivity contribution >= 4 is 37.3 Å². The monoisotopic (exact) mass is 670 g/mol. The minimum Gasteiger partial charge on any atom is -0.381 e. The Morgan fingerprint density at radius 2 is 1.96 bits per heavy atom.